The quantitative estimate of drug-likeness (QED) is 0.806. The summed E-state index contributed by atoms with van der Waals surface area (Å²) >= 11 is 0. The molecule has 1 aromatic heterocycles. The fourth-order valence-corrected chi connectivity index (χ4v) is 1.90. The number of aryl methyl sites for hydroxylation is 1. The van der Waals surface area contributed by atoms with Crippen LogP contribution in [0.2, 0.25) is 0 Å². The van der Waals surface area contributed by atoms with E-state index in [1.54, 1.807) is 4.68 Å². The average Bonchev–Trinajstić information content (AvgIpc) is 2.90. The molecule has 0 aliphatic rings. The molecule has 0 aliphatic carbocycles. The van der Waals surface area contributed by atoms with Crippen molar-refractivity contribution in [2.24, 2.45) is 5.73 Å². The molecule has 1 aromatic carbocycles. The summed E-state index contributed by atoms with van der Waals surface area (Å²) in [5.41, 5.74) is 7.50. The Balaban J connectivity index is 2.06. The van der Waals surface area contributed by atoms with Crippen LogP contribution >= 0.6 is 0 Å². The van der Waals surface area contributed by atoms with Gasteiger partial charge in [0.2, 0.25) is 0 Å². The monoisotopic (exact) mass is 258 g/mol. The van der Waals surface area contributed by atoms with Crippen molar-refractivity contribution in [2.75, 3.05) is 0 Å². The van der Waals surface area contributed by atoms with Crippen molar-refractivity contribution in [3.63, 3.8) is 0 Å². The molecule has 5 heteroatoms. The minimum atomic E-state index is -0.567. The first-order chi connectivity index (χ1) is 9.20. The fourth-order valence-electron chi connectivity index (χ4n) is 1.90. The summed E-state index contributed by atoms with van der Waals surface area (Å²) < 4.78 is 1.55. The Morgan fingerprint density at radius 2 is 2.00 bits per heavy atom. The molecule has 0 saturated heterocycles. The van der Waals surface area contributed by atoms with E-state index in [2.05, 4.69) is 29.4 Å². The fraction of sp³-hybridized carbons (Fsp3) is 0.357. The van der Waals surface area contributed by atoms with Gasteiger partial charge in [-0.25, -0.2) is 4.68 Å². The van der Waals surface area contributed by atoms with Crippen LogP contribution in [0.4, 0.5) is 0 Å². The Labute approximate surface area is 112 Å². The summed E-state index contributed by atoms with van der Waals surface area (Å²) in [5.74, 6) is -0.567. The van der Waals surface area contributed by atoms with Crippen LogP contribution in [-0.2, 0) is 6.42 Å². The molecule has 19 heavy (non-hydrogen) atoms. The number of unbranched alkanes of at least 4 members (excludes halogenated alkanes) is 2. The van der Waals surface area contributed by atoms with Gasteiger partial charge in [-0.05, 0) is 30.5 Å². The van der Waals surface area contributed by atoms with Gasteiger partial charge in [0.15, 0.2) is 5.69 Å². The number of amides is 1. The number of carbonyl (C=O) groups excluding carboxylic acids is 1. The van der Waals surface area contributed by atoms with E-state index in [9.17, 15) is 4.79 Å². The summed E-state index contributed by atoms with van der Waals surface area (Å²) in [5, 5.41) is 7.59. The molecular formula is C14H18N4O. The van der Waals surface area contributed by atoms with Gasteiger partial charge < -0.3 is 5.73 Å². The van der Waals surface area contributed by atoms with Crippen molar-refractivity contribution >= 4 is 5.91 Å². The zero-order chi connectivity index (χ0) is 13.7. The van der Waals surface area contributed by atoms with Crippen molar-refractivity contribution in [1.82, 2.24) is 15.0 Å². The molecule has 0 spiro atoms. The predicted molar refractivity (Wildman–Crippen MR) is 73.1 cm³/mol. The van der Waals surface area contributed by atoms with Crippen LogP contribution in [0.25, 0.3) is 5.69 Å². The molecule has 0 fully saturated rings. The second kappa shape index (κ2) is 6.13. The highest BCUT2D eigenvalue weighted by molar-refractivity contribution is 5.90. The number of nitrogens with zero attached hydrogens (tertiary/aromatic N) is 3. The number of carbonyl (C=O) groups is 1. The molecule has 2 N–H and O–H groups in total. The molecule has 1 amide bonds. The van der Waals surface area contributed by atoms with E-state index in [0.717, 1.165) is 12.1 Å². The SMILES string of the molecule is CCCCCc1ccc(-n2cc(C(N)=O)nn2)cc1. The standard InChI is InChI=1S/C14H18N4O/c1-2-3-4-5-11-6-8-12(9-7-11)18-10-13(14(15)19)16-17-18/h6-10H,2-5H2,1H3,(H2,15,19). The lowest BCUT2D eigenvalue weighted by Gasteiger charge is -2.03. The lowest BCUT2D eigenvalue weighted by Crippen LogP contribution is -2.11. The summed E-state index contributed by atoms with van der Waals surface area (Å²) in [6, 6.07) is 8.11. The van der Waals surface area contributed by atoms with E-state index in [0.29, 0.717) is 0 Å². The lowest BCUT2D eigenvalue weighted by atomic mass is 10.1. The Kier molecular flexibility index (Phi) is 4.28. The Hall–Kier alpha value is -2.17. The van der Waals surface area contributed by atoms with Gasteiger partial charge in [0.1, 0.15) is 0 Å². The third kappa shape index (κ3) is 3.40. The summed E-state index contributed by atoms with van der Waals surface area (Å²) in [6.07, 6.45) is 6.33. The molecule has 2 rings (SSSR count). The van der Waals surface area contributed by atoms with Crippen molar-refractivity contribution in [3.05, 3.63) is 41.7 Å². The lowest BCUT2D eigenvalue weighted by molar-refractivity contribution is 0.0995. The second-order valence-corrected chi connectivity index (χ2v) is 4.54. The van der Waals surface area contributed by atoms with Gasteiger partial charge in [0.05, 0.1) is 11.9 Å². The van der Waals surface area contributed by atoms with E-state index in [-0.39, 0.29) is 5.69 Å². The molecule has 0 atom stereocenters. The van der Waals surface area contributed by atoms with Crippen molar-refractivity contribution in [1.29, 1.82) is 0 Å². The first-order valence-corrected chi connectivity index (χ1v) is 6.52. The van der Waals surface area contributed by atoms with Gasteiger partial charge in [-0.3, -0.25) is 4.79 Å². The van der Waals surface area contributed by atoms with E-state index in [1.165, 1.54) is 31.0 Å². The maximum atomic E-state index is 11.0. The van der Waals surface area contributed by atoms with Gasteiger partial charge >= 0.3 is 0 Å². The highest BCUT2D eigenvalue weighted by atomic mass is 16.1. The summed E-state index contributed by atoms with van der Waals surface area (Å²) in [6.45, 7) is 2.20. The van der Waals surface area contributed by atoms with Crippen LogP contribution in [-0.4, -0.2) is 20.9 Å². The predicted octanol–water partition coefficient (Wildman–Crippen LogP) is 2.10. The Bertz CT molecular complexity index is 545. The molecular weight excluding hydrogens is 240 g/mol. The highest BCUT2D eigenvalue weighted by Gasteiger charge is 2.07. The van der Waals surface area contributed by atoms with E-state index >= 15 is 0 Å². The third-order valence-electron chi connectivity index (χ3n) is 3.02. The largest absolute Gasteiger partial charge is 0.364 e. The Morgan fingerprint density at radius 3 is 2.58 bits per heavy atom. The molecule has 5 nitrogen and oxygen atoms in total. The summed E-state index contributed by atoms with van der Waals surface area (Å²) in [4.78, 5) is 11.0. The van der Waals surface area contributed by atoms with Crippen LogP contribution in [0.15, 0.2) is 30.5 Å². The van der Waals surface area contributed by atoms with Gasteiger partial charge in [-0.2, -0.15) is 0 Å². The number of benzene rings is 1. The Morgan fingerprint density at radius 1 is 1.26 bits per heavy atom. The topological polar surface area (TPSA) is 73.8 Å². The van der Waals surface area contributed by atoms with Crippen LogP contribution in [0.1, 0.15) is 42.2 Å². The minimum Gasteiger partial charge on any atom is -0.364 e. The van der Waals surface area contributed by atoms with E-state index in [4.69, 9.17) is 5.73 Å². The third-order valence-corrected chi connectivity index (χ3v) is 3.02. The van der Waals surface area contributed by atoms with Gasteiger partial charge in [-0.15, -0.1) is 5.10 Å². The number of hydrogen-bond donors (Lipinski definition) is 1. The average molecular weight is 258 g/mol. The zero-order valence-corrected chi connectivity index (χ0v) is 11.0. The number of rotatable bonds is 6. The molecule has 0 saturated carbocycles. The first-order valence-electron chi connectivity index (χ1n) is 6.52. The van der Waals surface area contributed by atoms with Gasteiger partial charge in [-0.1, -0.05) is 37.1 Å². The van der Waals surface area contributed by atoms with Crippen LogP contribution in [0.5, 0.6) is 0 Å². The van der Waals surface area contributed by atoms with Gasteiger partial charge in [0.25, 0.3) is 5.91 Å². The molecule has 0 unspecified atom stereocenters. The van der Waals surface area contributed by atoms with Crippen LogP contribution in [0, 0.1) is 0 Å². The van der Waals surface area contributed by atoms with Crippen molar-refractivity contribution in [2.45, 2.75) is 32.6 Å². The van der Waals surface area contributed by atoms with Gasteiger partial charge in [0, 0.05) is 0 Å². The van der Waals surface area contributed by atoms with Crippen LogP contribution < -0.4 is 5.73 Å². The van der Waals surface area contributed by atoms with Crippen LogP contribution in [0.3, 0.4) is 0 Å². The van der Waals surface area contributed by atoms with Crippen molar-refractivity contribution in [3.8, 4) is 5.69 Å². The number of aromatic nitrogens is 3. The molecule has 0 radical (unpaired) electrons. The van der Waals surface area contributed by atoms with E-state index < -0.39 is 5.91 Å². The molecule has 1 heterocycles. The molecule has 2 aromatic rings. The second-order valence-electron chi connectivity index (χ2n) is 4.54. The molecule has 100 valence electrons. The maximum absolute atomic E-state index is 11.0. The zero-order valence-electron chi connectivity index (χ0n) is 11.0. The number of nitrogens with two attached hydrogens (primary N) is 1. The maximum Gasteiger partial charge on any atom is 0.270 e. The molecule has 0 bridgehead atoms. The minimum absolute atomic E-state index is 0.173. The highest BCUT2D eigenvalue weighted by Crippen LogP contribution is 2.11. The van der Waals surface area contributed by atoms with E-state index in [1.807, 2.05) is 12.1 Å². The molecule has 0 aliphatic heterocycles. The summed E-state index contributed by atoms with van der Waals surface area (Å²) in [7, 11) is 0. The smallest absolute Gasteiger partial charge is 0.270 e. The normalized spacial score (nSPS) is 10.6. The number of primary amides is 1. The first kappa shape index (κ1) is 13.3. The van der Waals surface area contributed by atoms with Crippen molar-refractivity contribution < 1.29 is 4.79 Å². The number of hydrogen-bond acceptors (Lipinski definition) is 3.